The van der Waals surface area contributed by atoms with Gasteiger partial charge in [0, 0.05) is 17.7 Å². The normalized spacial score (nSPS) is 11.6. The van der Waals surface area contributed by atoms with Crippen LogP contribution in [0.5, 0.6) is 5.75 Å². The molecule has 0 saturated carbocycles. The van der Waals surface area contributed by atoms with Crippen LogP contribution >= 0.6 is 11.6 Å². The predicted molar refractivity (Wildman–Crippen MR) is 114 cm³/mol. The summed E-state index contributed by atoms with van der Waals surface area (Å²) in [5.41, 5.74) is 3.77. The van der Waals surface area contributed by atoms with Gasteiger partial charge in [0.05, 0.1) is 35.7 Å². The summed E-state index contributed by atoms with van der Waals surface area (Å²) in [7, 11) is 1.56. The Bertz CT molecular complexity index is 1160. The first-order valence-electron chi connectivity index (χ1n) is 9.46. The fourth-order valence-corrected chi connectivity index (χ4v) is 3.74. The third kappa shape index (κ3) is 3.50. The number of nitrogens with one attached hydrogen (secondary N) is 1. The molecule has 4 rings (SSSR count). The molecule has 0 atom stereocenters. The van der Waals surface area contributed by atoms with Crippen molar-refractivity contribution in [3.63, 3.8) is 0 Å². The molecule has 0 unspecified atom stereocenters. The first-order chi connectivity index (χ1) is 14.5. The van der Waals surface area contributed by atoms with Gasteiger partial charge in [-0.25, -0.2) is 9.78 Å². The molecule has 1 aliphatic rings. The van der Waals surface area contributed by atoms with Crippen LogP contribution in [0.25, 0.3) is 11.3 Å². The van der Waals surface area contributed by atoms with Gasteiger partial charge in [0.25, 0.3) is 0 Å². The maximum atomic E-state index is 13.0. The van der Waals surface area contributed by atoms with Crippen LogP contribution in [0.15, 0.2) is 48.5 Å². The highest BCUT2D eigenvalue weighted by Gasteiger charge is 2.32. The number of ketones is 1. The minimum atomic E-state index is -0.535. The van der Waals surface area contributed by atoms with Gasteiger partial charge in [0.2, 0.25) is 0 Å². The Labute approximate surface area is 178 Å². The molecule has 30 heavy (non-hydrogen) atoms. The second-order valence-electron chi connectivity index (χ2n) is 6.70. The molecule has 1 N–H and O–H groups in total. The van der Waals surface area contributed by atoms with Crippen LogP contribution in [0.2, 0.25) is 5.02 Å². The highest BCUT2D eigenvalue weighted by atomic mass is 35.5. The van der Waals surface area contributed by atoms with E-state index in [0.29, 0.717) is 45.4 Å². The van der Waals surface area contributed by atoms with Crippen molar-refractivity contribution in [1.82, 2.24) is 4.98 Å². The molecule has 0 aliphatic heterocycles. The fourth-order valence-electron chi connectivity index (χ4n) is 3.46. The van der Waals surface area contributed by atoms with E-state index < -0.39 is 5.97 Å². The maximum Gasteiger partial charge on any atom is 0.357 e. The van der Waals surface area contributed by atoms with Gasteiger partial charge in [-0.05, 0) is 30.7 Å². The first-order valence-corrected chi connectivity index (χ1v) is 9.83. The molecule has 152 valence electrons. The van der Waals surface area contributed by atoms with E-state index in [9.17, 15) is 9.59 Å². The number of hydrogen-bond donors (Lipinski definition) is 1. The van der Waals surface area contributed by atoms with E-state index >= 15 is 0 Å². The smallest absolute Gasteiger partial charge is 0.357 e. The third-order valence-corrected chi connectivity index (χ3v) is 5.15. The summed E-state index contributed by atoms with van der Waals surface area (Å²) >= 11 is 6.21. The Morgan fingerprint density at radius 3 is 2.60 bits per heavy atom. The summed E-state index contributed by atoms with van der Waals surface area (Å²) in [4.78, 5) is 29.8. The average Bonchev–Trinajstić information content (AvgIpc) is 3.05. The number of hydrogen-bond acceptors (Lipinski definition) is 6. The van der Waals surface area contributed by atoms with Crippen molar-refractivity contribution < 1.29 is 19.1 Å². The van der Waals surface area contributed by atoms with Crippen LogP contribution < -0.4 is 10.1 Å². The minimum absolute atomic E-state index is 0.126. The number of benzene rings is 2. The molecule has 0 fully saturated rings. The van der Waals surface area contributed by atoms with Gasteiger partial charge < -0.3 is 14.8 Å². The average molecular weight is 423 g/mol. The third-order valence-electron chi connectivity index (χ3n) is 4.86. The number of nitrogens with zero attached hydrogens (tertiary/aromatic N) is 1. The Hall–Kier alpha value is -3.38. The Morgan fingerprint density at radius 1 is 1.13 bits per heavy atom. The molecule has 3 aromatic rings. The van der Waals surface area contributed by atoms with Crippen LogP contribution in [-0.2, 0) is 11.3 Å². The van der Waals surface area contributed by atoms with Gasteiger partial charge in [0.15, 0.2) is 11.5 Å². The first kappa shape index (κ1) is 19.9. The number of ether oxygens (including phenoxy) is 2. The number of halogens is 1. The van der Waals surface area contributed by atoms with Gasteiger partial charge >= 0.3 is 5.97 Å². The van der Waals surface area contributed by atoms with Gasteiger partial charge in [-0.15, -0.1) is 0 Å². The Balaban J connectivity index is 1.74. The van der Waals surface area contributed by atoms with E-state index in [1.165, 1.54) is 0 Å². The van der Waals surface area contributed by atoms with Crippen molar-refractivity contribution in [1.29, 1.82) is 0 Å². The lowest BCUT2D eigenvalue weighted by Crippen LogP contribution is -2.12. The molecular formula is C23H19ClN2O4. The van der Waals surface area contributed by atoms with Crippen LogP contribution in [0.1, 0.15) is 38.9 Å². The number of esters is 1. The monoisotopic (exact) mass is 422 g/mol. The SMILES string of the molecule is CCOC(=O)c1cc(NCc2ccc(OC)c(Cl)c2)c2c(n1)-c1ccccc1C2=O. The number of fused-ring (bicyclic) bond motifs is 3. The Kier molecular flexibility index (Phi) is 5.42. The molecule has 6 nitrogen and oxygen atoms in total. The van der Waals surface area contributed by atoms with Gasteiger partial charge in [0.1, 0.15) is 5.75 Å². The van der Waals surface area contributed by atoms with Crippen molar-refractivity contribution in [3.05, 3.63) is 75.9 Å². The fraction of sp³-hybridized carbons (Fsp3) is 0.174. The number of carbonyl (C=O) groups is 2. The second kappa shape index (κ2) is 8.16. The summed E-state index contributed by atoms with van der Waals surface area (Å²) in [6.07, 6.45) is 0. The molecule has 0 saturated heterocycles. The predicted octanol–water partition coefficient (Wildman–Crippen LogP) is 4.74. The van der Waals surface area contributed by atoms with Gasteiger partial charge in [-0.2, -0.15) is 0 Å². The van der Waals surface area contributed by atoms with Crippen LogP contribution in [-0.4, -0.2) is 30.5 Å². The lowest BCUT2D eigenvalue weighted by molar-refractivity contribution is 0.0519. The molecule has 0 bridgehead atoms. The molecular weight excluding hydrogens is 404 g/mol. The zero-order chi connectivity index (χ0) is 21.3. The number of rotatable bonds is 6. The number of methoxy groups -OCH3 is 1. The van der Waals surface area contributed by atoms with Crippen molar-refractivity contribution in [2.75, 3.05) is 19.0 Å². The second-order valence-corrected chi connectivity index (χ2v) is 7.10. The molecule has 0 radical (unpaired) electrons. The largest absolute Gasteiger partial charge is 0.495 e. The molecule has 1 heterocycles. The number of anilines is 1. The molecule has 2 aromatic carbocycles. The van der Waals surface area contributed by atoms with E-state index in [2.05, 4.69) is 10.3 Å². The summed E-state index contributed by atoms with van der Waals surface area (Å²) in [5.74, 6) is -0.0770. The van der Waals surface area contributed by atoms with Crippen LogP contribution in [0.3, 0.4) is 0 Å². The van der Waals surface area contributed by atoms with E-state index in [0.717, 1.165) is 5.56 Å². The Morgan fingerprint density at radius 2 is 1.90 bits per heavy atom. The molecule has 0 amide bonds. The molecule has 1 aliphatic carbocycles. The quantitative estimate of drug-likeness (QED) is 0.452. The van der Waals surface area contributed by atoms with Crippen molar-refractivity contribution in [2.24, 2.45) is 0 Å². The number of aromatic nitrogens is 1. The van der Waals surface area contributed by atoms with Crippen LogP contribution in [0, 0.1) is 0 Å². The summed E-state index contributed by atoms with van der Waals surface area (Å²) in [5, 5.41) is 3.75. The lowest BCUT2D eigenvalue weighted by atomic mass is 10.1. The van der Waals surface area contributed by atoms with Gasteiger partial charge in [-0.3, -0.25) is 4.79 Å². The molecule has 1 aromatic heterocycles. The zero-order valence-electron chi connectivity index (χ0n) is 16.5. The van der Waals surface area contributed by atoms with Gasteiger partial charge in [-0.1, -0.05) is 41.9 Å². The number of carbonyl (C=O) groups excluding carboxylic acids is 2. The van der Waals surface area contributed by atoms with Crippen LogP contribution in [0.4, 0.5) is 5.69 Å². The highest BCUT2D eigenvalue weighted by molar-refractivity contribution is 6.32. The summed E-state index contributed by atoms with van der Waals surface area (Å²) < 4.78 is 10.3. The van der Waals surface area contributed by atoms with E-state index in [-0.39, 0.29) is 18.1 Å². The van der Waals surface area contributed by atoms with Crippen molar-refractivity contribution in [2.45, 2.75) is 13.5 Å². The van der Waals surface area contributed by atoms with E-state index in [1.54, 1.807) is 44.4 Å². The summed E-state index contributed by atoms with van der Waals surface area (Å²) in [6, 6.07) is 14.2. The van der Waals surface area contributed by atoms with E-state index in [4.69, 9.17) is 21.1 Å². The highest BCUT2D eigenvalue weighted by Crippen LogP contribution is 2.39. The maximum absolute atomic E-state index is 13.0. The summed E-state index contributed by atoms with van der Waals surface area (Å²) in [6.45, 7) is 2.36. The van der Waals surface area contributed by atoms with Crippen molar-refractivity contribution in [3.8, 4) is 17.0 Å². The van der Waals surface area contributed by atoms with E-state index in [1.807, 2.05) is 18.2 Å². The topological polar surface area (TPSA) is 77.5 Å². The zero-order valence-corrected chi connectivity index (χ0v) is 17.2. The lowest BCUT2D eigenvalue weighted by Gasteiger charge is -2.13. The van der Waals surface area contributed by atoms with Crippen molar-refractivity contribution >= 4 is 29.0 Å². The standard InChI is InChI=1S/C23H19ClN2O4/c1-3-30-23(28)18-11-17(25-12-13-8-9-19(29-2)16(24)10-13)20-21(26-18)14-6-4-5-7-15(14)22(20)27/h4-11H,3,12H2,1-2H3,(H,25,26). The molecule has 7 heteroatoms. The minimum Gasteiger partial charge on any atom is -0.495 e. The molecule has 0 spiro atoms. The number of pyridine rings is 1.